The maximum absolute atomic E-state index is 13.7. The molecule has 0 heterocycles. The van der Waals surface area contributed by atoms with E-state index in [1.807, 2.05) is 6.07 Å². The van der Waals surface area contributed by atoms with Gasteiger partial charge in [-0.3, -0.25) is 0 Å². The van der Waals surface area contributed by atoms with Gasteiger partial charge in [0.15, 0.2) is 0 Å². The first-order valence-electron chi connectivity index (χ1n) is 8.15. The monoisotopic (exact) mass is 361 g/mol. The topological polar surface area (TPSA) is 21.3 Å². The Bertz CT molecular complexity index is 691. The second-order valence-electron chi connectivity index (χ2n) is 5.94. The number of aryl methyl sites for hydroxylation is 2. The normalized spacial score (nSPS) is 11.4. The predicted molar refractivity (Wildman–Crippen MR) is 104 cm³/mol. The van der Waals surface area contributed by atoms with Crippen LogP contribution in [0.25, 0.3) is 0 Å². The van der Waals surface area contributed by atoms with Gasteiger partial charge >= 0.3 is 0 Å². The zero-order valence-electron chi connectivity index (χ0n) is 14.7. The van der Waals surface area contributed by atoms with Crippen LogP contribution in [0, 0.1) is 32.0 Å². The molecule has 2 aromatic carbocycles. The minimum atomic E-state index is -0.230. The van der Waals surface area contributed by atoms with Crippen LogP contribution in [0.1, 0.15) is 28.2 Å². The fourth-order valence-corrected chi connectivity index (χ4v) is 2.96. The molecule has 0 saturated carbocycles. The average Bonchev–Trinajstić information content (AvgIpc) is 2.56. The van der Waals surface area contributed by atoms with E-state index in [2.05, 4.69) is 43.3 Å². The molecular formula is C21H25ClFNO. The second kappa shape index (κ2) is 10.9. The van der Waals surface area contributed by atoms with Gasteiger partial charge in [-0.1, -0.05) is 42.3 Å². The van der Waals surface area contributed by atoms with E-state index in [9.17, 15) is 4.39 Å². The molecule has 25 heavy (non-hydrogen) atoms. The summed E-state index contributed by atoms with van der Waals surface area (Å²) >= 11 is 0. The third-order valence-corrected chi connectivity index (χ3v) is 4.10. The lowest BCUT2D eigenvalue weighted by Crippen LogP contribution is -2.26. The van der Waals surface area contributed by atoms with E-state index in [0.717, 1.165) is 6.54 Å². The van der Waals surface area contributed by atoms with Gasteiger partial charge in [-0.15, -0.1) is 18.8 Å². The Hall–Kier alpha value is -1.86. The molecule has 2 nitrogen and oxygen atoms in total. The molecule has 1 unspecified atom stereocenters. The minimum Gasteiger partial charge on any atom is -0.376 e. The number of hydrogen-bond acceptors (Lipinski definition) is 2. The lowest BCUT2D eigenvalue weighted by molar-refractivity contribution is 0.104. The van der Waals surface area contributed by atoms with E-state index in [4.69, 9.17) is 11.2 Å². The zero-order chi connectivity index (χ0) is 17.4. The Kier molecular flexibility index (Phi) is 9.23. The van der Waals surface area contributed by atoms with Crippen molar-refractivity contribution >= 4 is 12.4 Å². The van der Waals surface area contributed by atoms with Gasteiger partial charge in [0.2, 0.25) is 0 Å². The lowest BCUT2D eigenvalue weighted by Gasteiger charge is -2.22. The van der Waals surface area contributed by atoms with Crippen LogP contribution < -0.4 is 5.32 Å². The molecule has 2 aromatic rings. The number of benzene rings is 2. The highest BCUT2D eigenvalue weighted by Gasteiger charge is 2.16. The number of hydrogen-bond donors (Lipinski definition) is 1. The summed E-state index contributed by atoms with van der Waals surface area (Å²) in [7, 11) is 0. The molecule has 134 valence electrons. The van der Waals surface area contributed by atoms with Crippen molar-refractivity contribution < 1.29 is 9.13 Å². The van der Waals surface area contributed by atoms with E-state index in [1.165, 1.54) is 22.8 Å². The molecule has 4 heteroatoms. The summed E-state index contributed by atoms with van der Waals surface area (Å²) in [6, 6.07) is 13.0. The van der Waals surface area contributed by atoms with Crippen molar-refractivity contribution in [2.75, 3.05) is 19.7 Å². The summed E-state index contributed by atoms with van der Waals surface area (Å²) < 4.78 is 19.5. The van der Waals surface area contributed by atoms with Crippen molar-refractivity contribution in [2.24, 2.45) is 0 Å². The first kappa shape index (κ1) is 21.2. The first-order chi connectivity index (χ1) is 11.6. The molecule has 0 spiro atoms. The summed E-state index contributed by atoms with van der Waals surface area (Å²) in [5.41, 5.74) is 4.32. The van der Waals surface area contributed by atoms with Crippen LogP contribution in [-0.4, -0.2) is 19.7 Å². The van der Waals surface area contributed by atoms with Crippen molar-refractivity contribution in [3.05, 3.63) is 70.5 Å². The highest BCUT2D eigenvalue weighted by molar-refractivity contribution is 5.85. The minimum absolute atomic E-state index is 0. The first-order valence-corrected chi connectivity index (χ1v) is 8.15. The largest absolute Gasteiger partial charge is 0.376 e. The van der Waals surface area contributed by atoms with Crippen LogP contribution >= 0.6 is 12.4 Å². The number of ether oxygens (including phenoxy) is 1. The summed E-state index contributed by atoms with van der Waals surface area (Å²) in [4.78, 5) is 0. The van der Waals surface area contributed by atoms with E-state index in [0.29, 0.717) is 18.7 Å². The molecule has 0 bridgehead atoms. The SMILES string of the molecule is C#CCNCC(COCc1ccccc1F)c1c(C)cccc1C.Cl. The molecule has 1 atom stereocenters. The van der Waals surface area contributed by atoms with Crippen molar-refractivity contribution in [3.8, 4) is 12.3 Å². The van der Waals surface area contributed by atoms with Gasteiger partial charge in [-0.05, 0) is 36.6 Å². The predicted octanol–water partition coefficient (Wildman–Crippen LogP) is 4.39. The Balaban J connectivity index is 0.00000312. The molecule has 0 radical (unpaired) electrons. The van der Waals surface area contributed by atoms with E-state index < -0.39 is 0 Å². The maximum Gasteiger partial charge on any atom is 0.128 e. The van der Waals surface area contributed by atoms with Crippen molar-refractivity contribution in [3.63, 3.8) is 0 Å². The van der Waals surface area contributed by atoms with Gasteiger partial charge < -0.3 is 10.1 Å². The number of terminal acetylenes is 1. The molecule has 0 aromatic heterocycles. The fraction of sp³-hybridized carbons (Fsp3) is 0.333. The average molecular weight is 362 g/mol. The van der Waals surface area contributed by atoms with Crippen molar-refractivity contribution in [1.82, 2.24) is 5.32 Å². The highest BCUT2D eigenvalue weighted by atomic mass is 35.5. The molecular weight excluding hydrogens is 337 g/mol. The third-order valence-electron chi connectivity index (χ3n) is 4.10. The van der Waals surface area contributed by atoms with Gasteiger partial charge in [0.05, 0.1) is 19.8 Å². The Labute approximate surface area is 156 Å². The maximum atomic E-state index is 13.7. The molecule has 0 fully saturated rings. The van der Waals surface area contributed by atoms with Gasteiger partial charge in [0.1, 0.15) is 5.82 Å². The van der Waals surface area contributed by atoms with Crippen molar-refractivity contribution in [2.45, 2.75) is 26.4 Å². The smallest absolute Gasteiger partial charge is 0.128 e. The molecule has 0 aliphatic rings. The Morgan fingerprint density at radius 1 is 1.12 bits per heavy atom. The molecule has 1 N–H and O–H groups in total. The summed E-state index contributed by atoms with van der Waals surface area (Å²) in [6.45, 7) is 6.24. The van der Waals surface area contributed by atoms with Gasteiger partial charge in [-0.25, -0.2) is 4.39 Å². The summed E-state index contributed by atoms with van der Waals surface area (Å²) in [6.07, 6.45) is 5.32. The molecule has 0 aliphatic carbocycles. The Morgan fingerprint density at radius 3 is 2.44 bits per heavy atom. The molecule has 0 amide bonds. The summed E-state index contributed by atoms with van der Waals surface area (Å²) in [5.74, 6) is 2.53. The van der Waals surface area contributed by atoms with Crippen LogP contribution in [-0.2, 0) is 11.3 Å². The molecule has 2 rings (SSSR count). The van der Waals surface area contributed by atoms with Crippen LogP contribution in [0.2, 0.25) is 0 Å². The van der Waals surface area contributed by atoms with Gasteiger partial charge in [0, 0.05) is 18.0 Å². The number of halogens is 2. The van der Waals surface area contributed by atoms with Crippen LogP contribution in [0.5, 0.6) is 0 Å². The fourth-order valence-electron chi connectivity index (χ4n) is 2.96. The van der Waals surface area contributed by atoms with E-state index >= 15 is 0 Å². The summed E-state index contributed by atoms with van der Waals surface area (Å²) in [5, 5.41) is 3.26. The second-order valence-corrected chi connectivity index (χ2v) is 5.94. The molecule has 0 aliphatic heterocycles. The van der Waals surface area contributed by atoms with E-state index in [-0.39, 0.29) is 30.7 Å². The van der Waals surface area contributed by atoms with Gasteiger partial charge in [0.25, 0.3) is 0 Å². The van der Waals surface area contributed by atoms with Gasteiger partial charge in [-0.2, -0.15) is 0 Å². The third kappa shape index (κ3) is 6.17. The van der Waals surface area contributed by atoms with Crippen LogP contribution in [0.4, 0.5) is 4.39 Å². The number of rotatable bonds is 8. The standard InChI is InChI=1S/C21H24FNO.ClH/c1-4-12-23-13-19(21-16(2)8-7-9-17(21)3)15-24-14-18-10-5-6-11-20(18)22;/h1,5-11,19,23H,12-15H2,2-3H3;1H. The van der Waals surface area contributed by atoms with Crippen LogP contribution in [0.3, 0.4) is 0 Å². The zero-order valence-corrected chi connectivity index (χ0v) is 15.5. The van der Waals surface area contributed by atoms with E-state index in [1.54, 1.807) is 12.1 Å². The Morgan fingerprint density at radius 2 is 1.80 bits per heavy atom. The lowest BCUT2D eigenvalue weighted by atomic mass is 9.91. The highest BCUT2D eigenvalue weighted by Crippen LogP contribution is 2.24. The van der Waals surface area contributed by atoms with Crippen LogP contribution in [0.15, 0.2) is 42.5 Å². The number of nitrogens with one attached hydrogen (secondary N) is 1. The van der Waals surface area contributed by atoms with Crippen molar-refractivity contribution in [1.29, 1.82) is 0 Å². The molecule has 0 saturated heterocycles. The quantitative estimate of drug-likeness (QED) is 0.556.